The van der Waals surface area contributed by atoms with Gasteiger partial charge in [0.2, 0.25) is 0 Å². The quantitative estimate of drug-likeness (QED) is 0.223. The molecule has 208 valence electrons. The van der Waals surface area contributed by atoms with Crippen molar-refractivity contribution < 1.29 is 4.43 Å². The predicted molar refractivity (Wildman–Crippen MR) is 169 cm³/mol. The van der Waals surface area contributed by atoms with Gasteiger partial charge in [-0.05, 0) is 53.8 Å². The molecule has 41 heavy (non-hydrogen) atoms. The van der Waals surface area contributed by atoms with Crippen LogP contribution in [0.5, 0.6) is 0 Å². The number of rotatable bonds is 7. The van der Waals surface area contributed by atoms with E-state index in [4.69, 9.17) is 15.3 Å². The van der Waals surface area contributed by atoms with E-state index in [9.17, 15) is 0 Å². The fourth-order valence-corrected chi connectivity index (χ4v) is 6.07. The lowest BCUT2D eigenvalue weighted by molar-refractivity contribution is 0.109. The number of anilines is 1. The Labute approximate surface area is 242 Å². The zero-order valence-corrected chi connectivity index (χ0v) is 25.7. The van der Waals surface area contributed by atoms with E-state index in [-0.39, 0.29) is 10.6 Å². The van der Waals surface area contributed by atoms with Crippen molar-refractivity contribution >= 4 is 32.0 Å². The first-order valence-electron chi connectivity index (χ1n) is 14.0. The van der Waals surface area contributed by atoms with Crippen molar-refractivity contribution in [1.82, 2.24) is 24.4 Å². The van der Waals surface area contributed by atoms with Gasteiger partial charge in [0.25, 0.3) is 0 Å². The molecule has 0 bridgehead atoms. The summed E-state index contributed by atoms with van der Waals surface area (Å²) in [5, 5.41) is 10.8. The van der Waals surface area contributed by atoms with Crippen molar-refractivity contribution in [1.29, 1.82) is 0 Å². The summed E-state index contributed by atoms with van der Waals surface area (Å²) in [6.45, 7) is 11.8. The van der Waals surface area contributed by atoms with Crippen LogP contribution in [0.3, 0.4) is 0 Å². The number of hydrogen-bond acceptors (Lipinski definition) is 5. The van der Waals surface area contributed by atoms with E-state index in [1.165, 1.54) is 11.9 Å². The van der Waals surface area contributed by atoms with Crippen LogP contribution < -0.4 is 5.73 Å². The Bertz CT molecular complexity index is 1850. The van der Waals surface area contributed by atoms with Crippen molar-refractivity contribution in [3.63, 3.8) is 0 Å². The van der Waals surface area contributed by atoms with E-state index < -0.39 is 9.76 Å². The Morgan fingerprint density at radius 2 is 1.68 bits per heavy atom. The maximum absolute atomic E-state index is 6.51. The molecular formula is C33H36N6OSi. The molecule has 0 saturated carbocycles. The maximum Gasteiger partial charge on any atom is 0.168 e. The molecule has 3 aromatic heterocycles. The summed E-state index contributed by atoms with van der Waals surface area (Å²) in [5.41, 5.74) is 14.1. The zero-order valence-electron chi connectivity index (χ0n) is 24.3. The highest BCUT2D eigenvalue weighted by Crippen LogP contribution is 2.37. The van der Waals surface area contributed by atoms with Gasteiger partial charge >= 0.3 is 0 Å². The minimum absolute atomic E-state index is 0.217. The SMILES string of the molecule is CC(C)(C)[SiH2]OC(C)(C)c1cccc(-c2cc(-c3ccc4cn(Cc5ccccc5)nc4c3)c3c(N)ncnn23)c1. The summed E-state index contributed by atoms with van der Waals surface area (Å²) in [6, 6.07) is 27.4. The van der Waals surface area contributed by atoms with Crippen molar-refractivity contribution in [2.75, 3.05) is 5.73 Å². The molecule has 3 aromatic carbocycles. The molecule has 3 heterocycles. The number of nitrogens with two attached hydrogens (primary N) is 1. The van der Waals surface area contributed by atoms with Crippen LogP contribution >= 0.6 is 0 Å². The van der Waals surface area contributed by atoms with Crippen LogP contribution in [0, 0.1) is 0 Å². The van der Waals surface area contributed by atoms with Crippen LogP contribution in [0.1, 0.15) is 45.7 Å². The molecule has 0 amide bonds. The molecule has 0 radical (unpaired) electrons. The molecule has 8 heteroatoms. The Morgan fingerprint density at radius 1 is 0.878 bits per heavy atom. The lowest BCUT2D eigenvalue weighted by Gasteiger charge is -2.30. The number of hydrogen-bond donors (Lipinski definition) is 1. The molecule has 0 fully saturated rings. The van der Waals surface area contributed by atoms with E-state index in [1.807, 2.05) is 15.3 Å². The van der Waals surface area contributed by atoms with Gasteiger partial charge in [0, 0.05) is 22.7 Å². The Hall–Kier alpha value is -4.27. The van der Waals surface area contributed by atoms with E-state index in [0.717, 1.165) is 50.9 Å². The fourth-order valence-electron chi connectivity index (χ4n) is 5.11. The highest BCUT2D eigenvalue weighted by Gasteiger charge is 2.25. The van der Waals surface area contributed by atoms with Gasteiger partial charge in [-0.25, -0.2) is 9.50 Å². The molecule has 6 rings (SSSR count). The van der Waals surface area contributed by atoms with E-state index in [0.29, 0.717) is 5.82 Å². The molecule has 0 unspecified atom stereocenters. The van der Waals surface area contributed by atoms with E-state index >= 15 is 0 Å². The fraction of sp³-hybridized carbons (Fsp3) is 0.242. The summed E-state index contributed by atoms with van der Waals surface area (Å²) in [7, 11) is -0.726. The maximum atomic E-state index is 6.51. The normalized spacial score (nSPS) is 12.7. The van der Waals surface area contributed by atoms with Crippen molar-refractivity contribution in [3.8, 4) is 22.4 Å². The third-order valence-corrected chi connectivity index (χ3v) is 9.09. The number of fused-ring (bicyclic) bond motifs is 2. The first-order chi connectivity index (χ1) is 19.6. The van der Waals surface area contributed by atoms with Crippen LogP contribution in [0.2, 0.25) is 5.04 Å². The van der Waals surface area contributed by atoms with Gasteiger partial charge in [-0.1, -0.05) is 81.4 Å². The van der Waals surface area contributed by atoms with Crippen LogP contribution in [0.4, 0.5) is 5.82 Å². The monoisotopic (exact) mass is 560 g/mol. The van der Waals surface area contributed by atoms with Crippen molar-refractivity contribution in [2.24, 2.45) is 0 Å². The molecule has 0 aliphatic heterocycles. The smallest absolute Gasteiger partial charge is 0.168 e. The average Bonchev–Trinajstić information content (AvgIpc) is 3.54. The van der Waals surface area contributed by atoms with E-state index in [2.05, 4.69) is 124 Å². The van der Waals surface area contributed by atoms with Crippen molar-refractivity contribution in [2.45, 2.75) is 51.8 Å². The Balaban J connectivity index is 1.40. The highest BCUT2D eigenvalue weighted by molar-refractivity contribution is 6.31. The zero-order chi connectivity index (χ0) is 28.8. The van der Waals surface area contributed by atoms with Gasteiger partial charge in [-0.2, -0.15) is 10.2 Å². The third kappa shape index (κ3) is 5.53. The van der Waals surface area contributed by atoms with E-state index in [1.54, 1.807) is 0 Å². The minimum atomic E-state index is -0.726. The molecular weight excluding hydrogens is 524 g/mol. The Morgan fingerprint density at radius 3 is 2.46 bits per heavy atom. The van der Waals surface area contributed by atoms with Gasteiger partial charge in [0.1, 0.15) is 11.8 Å². The molecule has 7 nitrogen and oxygen atoms in total. The first-order valence-corrected chi connectivity index (χ1v) is 15.2. The lowest BCUT2D eigenvalue weighted by atomic mass is 9.95. The van der Waals surface area contributed by atoms with Gasteiger partial charge in [-0.15, -0.1) is 0 Å². The summed E-state index contributed by atoms with van der Waals surface area (Å²) < 4.78 is 10.4. The second kappa shape index (κ2) is 10.3. The van der Waals surface area contributed by atoms with Crippen LogP contribution in [-0.4, -0.2) is 34.1 Å². The highest BCUT2D eigenvalue weighted by atomic mass is 28.2. The summed E-state index contributed by atoms with van der Waals surface area (Å²) >= 11 is 0. The molecule has 6 aromatic rings. The van der Waals surface area contributed by atoms with Crippen LogP contribution in [0.25, 0.3) is 38.8 Å². The average molecular weight is 561 g/mol. The van der Waals surface area contributed by atoms with Gasteiger partial charge in [0.15, 0.2) is 15.6 Å². The molecule has 0 spiro atoms. The first kappa shape index (κ1) is 26.9. The summed E-state index contributed by atoms with van der Waals surface area (Å²) in [5.74, 6) is 0.437. The molecule has 2 N–H and O–H groups in total. The third-order valence-electron chi connectivity index (χ3n) is 7.36. The van der Waals surface area contributed by atoms with Gasteiger partial charge < -0.3 is 10.2 Å². The largest absolute Gasteiger partial charge is 0.415 e. The van der Waals surface area contributed by atoms with Crippen molar-refractivity contribution in [3.05, 3.63) is 103 Å². The predicted octanol–water partition coefficient (Wildman–Crippen LogP) is 6.60. The second-order valence-corrected chi connectivity index (χ2v) is 15.1. The second-order valence-electron chi connectivity index (χ2n) is 12.4. The number of nitrogen functional groups attached to an aromatic ring is 1. The number of benzene rings is 3. The van der Waals surface area contributed by atoms with Gasteiger partial charge in [-0.3, -0.25) is 4.68 Å². The van der Waals surface area contributed by atoms with Crippen LogP contribution in [0.15, 0.2) is 91.4 Å². The standard InChI is InChI=1S/C33H36N6OSi/c1-32(2,3)41-40-33(4,5)26-13-9-12-24(16-26)29-18-27(30-31(34)35-21-36-39(29)30)23-14-15-25-20-38(37-28(25)17-23)19-22-10-7-6-8-11-22/h6-18,20-21H,19,41H2,1-5H3,(H2,34,35,36). The summed E-state index contributed by atoms with van der Waals surface area (Å²) in [4.78, 5) is 4.33. The van der Waals surface area contributed by atoms with Crippen LogP contribution in [-0.2, 0) is 16.6 Å². The van der Waals surface area contributed by atoms with Gasteiger partial charge in [0.05, 0.1) is 23.4 Å². The Kier molecular flexibility index (Phi) is 6.75. The number of nitrogens with zero attached hydrogens (tertiary/aromatic N) is 5. The molecule has 0 aliphatic carbocycles. The molecule has 0 saturated heterocycles. The lowest BCUT2D eigenvalue weighted by Crippen LogP contribution is -2.27. The summed E-state index contributed by atoms with van der Waals surface area (Å²) in [6.07, 6.45) is 3.60. The minimum Gasteiger partial charge on any atom is -0.415 e. The molecule has 0 aliphatic rings. The topological polar surface area (TPSA) is 83.3 Å². The molecule has 0 atom stereocenters. The number of aromatic nitrogens is 5.